The highest BCUT2D eigenvalue weighted by Gasteiger charge is 2.36. The molecule has 0 aromatic rings. The Morgan fingerprint density at radius 3 is 1.47 bits per heavy atom. The lowest BCUT2D eigenvalue weighted by molar-refractivity contribution is -0.164. The standard InChI is InChI=1S/C12H24O3/c1-11(2,13)9-7-5-6-8-10(15-9)12(3,4)14/h9-10,13-14H,5-8H2,1-4H3/t9-,10-/m1/s1. The molecule has 90 valence electrons. The van der Waals surface area contributed by atoms with Gasteiger partial charge in [-0.15, -0.1) is 0 Å². The van der Waals surface area contributed by atoms with Gasteiger partial charge in [0.2, 0.25) is 0 Å². The average molecular weight is 216 g/mol. The topological polar surface area (TPSA) is 49.7 Å². The highest BCUT2D eigenvalue weighted by molar-refractivity contribution is 4.86. The Morgan fingerprint density at radius 2 is 1.20 bits per heavy atom. The molecule has 1 rings (SSSR count). The van der Waals surface area contributed by atoms with Gasteiger partial charge in [0.25, 0.3) is 0 Å². The molecule has 1 heterocycles. The van der Waals surface area contributed by atoms with E-state index in [4.69, 9.17) is 4.74 Å². The van der Waals surface area contributed by atoms with Crippen molar-refractivity contribution in [2.24, 2.45) is 0 Å². The second-order valence-electron chi connectivity index (χ2n) is 5.71. The van der Waals surface area contributed by atoms with Crippen LogP contribution in [0.3, 0.4) is 0 Å². The highest BCUT2D eigenvalue weighted by atomic mass is 16.5. The van der Waals surface area contributed by atoms with E-state index < -0.39 is 11.2 Å². The molecule has 1 aliphatic heterocycles. The Bertz CT molecular complexity index is 178. The Labute approximate surface area is 92.4 Å². The summed E-state index contributed by atoms with van der Waals surface area (Å²) in [6.45, 7) is 7.07. The predicted molar refractivity (Wildman–Crippen MR) is 59.7 cm³/mol. The van der Waals surface area contributed by atoms with Crippen molar-refractivity contribution in [2.45, 2.75) is 76.8 Å². The molecule has 3 heteroatoms. The lowest BCUT2D eigenvalue weighted by Crippen LogP contribution is -2.45. The summed E-state index contributed by atoms with van der Waals surface area (Å²) in [4.78, 5) is 0. The minimum atomic E-state index is -0.826. The van der Waals surface area contributed by atoms with Crippen LogP contribution in [0.25, 0.3) is 0 Å². The van der Waals surface area contributed by atoms with E-state index in [1.807, 2.05) is 0 Å². The van der Waals surface area contributed by atoms with Crippen molar-refractivity contribution in [1.82, 2.24) is 0 Å². The van der Waals surface area contributed by atoms with Gasteiger partial charge in [-0.1, -0.05) is 12.8 Å². The SMILES string of the molecule is CC(C)(O)[C@H]1CCCC[C@H](C(C)(C)O)O1. The highest BCUT2D eigenvalue weighted by Crippen LogP contribution is 2.30. The molecule has 1 saturated heterocycles. The molecule has 0 spiro atoms. The number of hydrogen-bond donors (Lipinski definition) is 2. The summed E-state index contributed by atoms with van der Waals surface area (Å²) in [7, 11) is 0. The first kappa shape index (κ1) is 12.9. The van der Waals surface area contributed by atoms with Crippen LogP contribution >= 0.6 is 0 Å². The van der Waals surface area contributed by atoms with Crippen LogP contribution in [0.2, 0.25) is 0 Å². The van der Waals surface area contributed by atoms with Crippen molar-refractivity contribution < 1.29 is 14.9 Å². The maximum absolute atomic E-state index is 9.94. The van der Waals surface area contributed by atoms with Crippen molar-refractivity contribution in [3.05, 3.63) is 0 Å². The molecule has 1 fully saturated rings. The van der Waals surface area contributed by atoms with Crippen LogP contribution in [-0.4, -0.2) is 33.6 Å². The molecule has 3 nitrogen and oxygen atoms in total. The van der Waals surface area contributed by atoms with Crippen LogP contribution in [0, 0.1) is 0 Å². The summed E-state index contributed by atoms with van der Waals surface area (Å²) in [5, 5.41) is 19.9. The van der Waals surface area contributed by atoms with Crippen molar-refractivity contribution in [3.63, 3.8) is 0 Å². The minimum absolute atomic E-state index is 0.170. The lowest BCUT2D eigenvalue weighted by Gasteiger charge is -2.35. The average Bonchev–Trinajstić information content (AvgIpc) is 2.24. The van der Waals surface area contributed by atoms with E-state index in [1.54, 1.807) is 27.7 Å². The molecule has 0 aliphatic carbocycles. The Kier molecular flexibility index (Phi) is 3.80. The molecule has 15 heavy (non-hydrogen) atoms. The maximum Gasteiger partial charge on any atom is 0.0861 e. The Balaban J connectivity index is 2.70. The summed E-state index contributed by atoms with van der Waals surface area (Å²) in [5.74, 6) is 0. The van der Waals surface area contributed by atoms with Crippen LogP contribution < -0.4 is 0 Å². The minimum Gasteiger partial charge on any atom is -0.388 e. The fraction of sp³-hybridized carbons (Fsp3) is 1.00. The molecule has 2 N–H and O–H groups in total. The molecule has 0 aromatic heterocycles. The summed E-state index contributed by atoms with van der Waals surface area (Å²) in [6, 6.07) is 0. The van der Waals surface area contributed by atoms with E-state index in [2.05, 4.69) is 0 Å². The van der Waals surface area contributed by atoms with Gasteiger partial charge in [0.05, 0.1) is 23.4 Å². The van der Waals surface area contributed by atoms with E-state index in [0.717, 1.165) is 25.7 Å². The molecular weight excluding hydrogens is 192 g/mol. The summed E-state index contributed by atoms with van der Waals surface area (Å²) in [5.41, 5.74) is -1.65. The Hall–Kier alpha value is -0.120. The third-order valence-corrected chi connectivity index (χ3v) is 3.09. The monoisotopic (exact) mass is 216 g/mol. The van der Waals surface area contributed by atoms with Crippen LogP contribution in [0.1, 0.15) is 53.4 Å². The second kappa shape index (κ2) is 4.40. The fourth-order valence-electron chi connectivity index (χ4n) is 2.03. The molecule has 0 aromatic carbocycles. The predicted octanol–water partition coefficient (Wildman–Crippen LogP) is 1.86. The van der Waals surface area contributed by atoms with Crippen LogP contribution in [0.5, 0.6) is 0 Å². The van der Waals surface area contributed by atoms with Crippen LogP contribution in [0.15, 0.2) is 0 Å². The number of hydrogen-bond acceptors (Lipinski definition) is 3. The maximum atomic E-state index is 9.94. The van der Waals surface area contributed by atoms with E-state index in [0.29, 0.717) is 0 Å². The second-order valence-corrected chi connectivity index (χ2v) is 5.71. The summed E-state index contributed by atoms with van der Waals surface area (Å²) in [6.07, 6.45) is 3.52. The first-order chi connectivity index (χ1) is 6.71. The summed E-state index contributed by atoms with van der Waals surface area (Å²) < 4.78 is 5.84. The molecule has 0 radical (unpaired) electrons. The van der Waals surface area contributed by atoms with Gasteiger partial charge >= 0.3 is 0 Å². The molecule has 0 amide bonds. The van der Waals surface area contributed by atoms with Gasteiger partial charge in [-0.3, -0.25) is 0 Å². The first-order valence-electron chi connectivity index (χ1n) is 5.81. The van der Waals surface area contributed by atoms with E-state index in [9.17, 15) is 10.2 Å². The van der Waals surface area contributed by atoms with Crippen LogP contribution in [0.4, 0.5) is 0 Å². The lowest BCUT2D eigenvalue weighted by atomic mass is 9.97. The number of rotatable bonds is 2. The quantitative estimate of drug-likeness (QED) is 0.740. The van der Waals surface area contributed by atoms with Crippen molar-refractivity contribution in [1.29, 1.82) is 0 Å². The van der Waals surface area contributed by atoms with E-state index in [1.165, 1.54) is 0 Å². The van der Waals surface area contributed by atoms with E-state index >= 15 is 0 Å². The molecule has 0 bridgehead atoms. The number of aliphatic hydroxyl groups is 2. The Morgan fingerprint density at radius 1 is 0.867 bits per heavy atom. The molecule has 0 saturated carbocycles. The van der Waals surface area contributed by atoms with Crippen molar-refractivity contribution in [2.75, 3.05) is 0 Å². The fourth-order valence-corrected chi connectivity index (χ4v) is 2.03. The van der Waals surface area contributed by atoms with Crippen LogP contribution in [-0.2, 0) is 4.74 Å². The normalized spacial score (nSPS) is 30.0. The molecule has 0 unspecified atom stereocenters. The van der Waals surface area contributed by atoms with Gasteiger partial charge in [0.15, 0.2) is 0 Å². The summed E-state index contributed by atoms with van der Waals surface area (Å²) >= 11 is 0. The van der Waals surface area contributed by atoms with Crippen molar-refractivity contribution >= 4 is 0 Å². The molecule has 1 aliphatic rings. The molecular formula is C12H24O3. The molecule has 2 atom stereocenters. The third kappa shape index (κ3) is 3.74. The zero-order chi connectivity index (χ0) is 11.7. The van der Waals surface area contributed by atoms with Gasteiger partial charge in [0.1, 0.15) is 0 Å². The zero-order valence-corrected chi connectivity index (χ0v) is 10.3. The van der Waals surface area contributed by atoms with Gasteiger partial charge < -0.3 is 14.9 Å². The van der Waals surface area contributed by atoms with Gasteiger partial charge in [-0.2, -0.15) is 0 Å². The number of ether oxygens (including phenoxy) is 1. The first-order valence-corrected chi connectivity index (χ1v) is 5.81. The van der Waals surface area contributed by atoms with Gasteiger partial charge in [-0.25, -0.2) is 0 Å². The van der Waals surface area contributed by atoms with Gasteiger partial charge in [0, 0.05) is 0 Å². The van der Waals surface area contributed by atoms with Gasteiger partial charge in [-0.05, 0) is 40.5 Å². The van der Waals surface area contributed by atoms with Crippen molar-refractivity contribution in [3.8, 4) is 0 Å². The largest absolute Gasteiger partial charge is 0.388 e. The van der Waals surface area contributed by atoms with E-state index in [-0.39, 0.29) is 12.2 Å². The zero-order valence-electron chi connectivity index (χ0n) is 10.3. The smallest absolute Gasteiger partial charge is 0.0861 e. The third-order valence-electron chi connectivity index (χ3n) is 3.09.